The van der Waals surface area contributed by atoms with E-state index in [1.54, 1.807) is 12.1 Å². The van der Waals surface area contributed by atoms with Gasteiger partial charge >= 0.3 is 0 Å². The summed E-state index contributed by atoms with van der Waals surface area (Å²) in [5.41, 5.74) is 2.74. The van der Waals surface area contributed by atoms with E-state index < -0.39 is 0 Å². The fourth-order valence-corrected chi connectivity index (χ4v) is 3.72. The first-order chi connectivity index (χ1) is 13.0. The maximum Gasteiger partial charge on any atom is 0.236 e. The Labute approximate surface area is 160 Å². The van der Waals surface area contributed by atoms with Crippen LogP contribution in [0.5, 0.6) is 0 Å². The highest BCUT2D eigenvalue weighted by Crippen LogP contribution is 2.22. The van der Waals surface area contributed by atoms with Crippen LogP contribution in [-0.4, -0.2) is 47.5 Å². The molecule has 1 aliphatic rings. The highest BCUT2D eigenvalue weighted by atomic mass is 19.1. The lowest BCUT2D eigenvalue weighted by Crippen LogP contribution is -2.37. The molecule has 1 saturated heterocycles. The Morgan fingerprint density at radius 3 is 2.78 bits per heavy atom. The fourth-order valence-electron chi connectivity index (χ4n) is 3.72. The molecule has 0 unspecified atom stereocenters. The van der Waals surface area contributed by atoms with E-state index in [1.165, 1.54) is 11.6 Å². The summed E-state index contributed by atoms with van der Waals surface area (Å²) in [5, 5.41) is 9.26. The van der Waals surface area contributed by atoms with Gasteiger partial charge in [0.1, 0.15) is 5.82 Å². The Hall–Kier alpha value is -2.24. The van der Waals surface area contributed by atoms with Crippen molar-refractivity contribution >= 4 is 5.91 Å². The van der Waals surface area contributed by atoms with Crippen LogP contribution < -0.4 is 0 Å². The number of aliphatic hydroxyl groups is 1. The van der Waals surface area contributed by atoms with Crippen LogP contribution in [0.1, 0.15) is 23.1 Å². The molecule has 0 bridgehead atoms. The lowest BCUT2D eigenvalue weighted by atomic mass is 9.97. The maximum atomic E-state index is 13.8. The summed E-state index contributed by atoms with van der Waals surface area (Å²) in [6.45, 7) is 2.30. The van der Waals surface area contributed by atoms with E-state index in [9.17, 15) is 14.3 Å². The Bertz CT molecular complexity index is 780. The molecule has 0 aliphatic carbocycles. The topological polar surface area (TPSA) is 43.8 Å². The number of halogens is 1. The summed E-state index contributed by atoms with van der Waals surface area (Å²) in [4.78, 5) is 16.4. The van der Waals surface area contributed by atoms with Gasteiger partial charge in [0.25, 0.3) is 0 Å². The molecule has 2 aromatic rings. The number of likely N-dealkylation sites (tertiary alicyclic amines) is 1. The number of aliphatic hydroxyl groups excluding tert-OH is 1. The van der Waals surface area contributed by atoms with Crippen molar-refractivity contribution < 1.29 is 14.3 Å². The zero-order valence-electron chi connectivity index (χ0n) is 15.8. The van der Waals surface area contributed by atoms with Crippen molar-refractivity contribution in [2.45, 2.75) is 26.0 Å². The van der Waals surface area contributed by atoms with Gasteiger partial charge in [0, 0.05) is 25.2 Å². The van der Waals surface area contributed by atoms with E-state index in [1.807, 2.05) is 41.1 Å². The molecule has 0 saturated carbocycles. The average Bonchev–Trinajstić information content (AvgIpc) is 3.12. The first kappa shape index (κ1) is 19.5. The Morgan fingerprint density at radius 2 is 2.00 bits per heavy atom. The molecule has 1 aliphatic heterocycles. The Morgan fingerprint density at radius 1 is 1.22 bits per heavy atom. The zero-order valence-corrected chi connectivity index (χ0v) is 15.8. The van der Waals surface area contributed by atoms with Crippen molar-refractivity contribution in [1.82, 2.24) is 9.80 Å². The molecule has 0 radical (unpaired) electrons. The molecule has 0 spiro atoms. The molecule has 1 amide bonds. The highest BCUT2D eigenvalue weighted by Gasteiger charge is 2.26. The fraction of sp³-hybridized carbons (Fsp3) is 0.409. The highest BCUT2D eigenvalue weighted by molar-refractivity contribution is 5.78. The van der Waals surface area contributed by atoms with E-state index in [4.69, 9.17) is 0 Å². The van der Waals surface area contributed by atoms with Crippen LogP contribution in [0.3, 0.4) is 0 Å². The summed E-state index contributed by atoms with van der Waals surface area (Å²) >= 11 is 0. The molecular weight excluding hydrogens is 343 g/mol. The minimum Gasteiger partial charge on any atom is -0.392 e. The molecule has 1 N–H and O–H groups in total. The Kier molecular flexibility index (Phi) is 6.58. The number of likely N-dealkylation sites (N-methyl/N-ethyl adjacent to an activating group) is 1. The number of carbonyl (C=O) groups excluding carboxylic acids is 1. The van der Waals surface area contributed by atoms with Gasteiger partial charge in [-0.05, 0) is 43.0 Å². The summed E-state index contributed by atoms with van der Waals surface area (Å²) in [7, 11) is 1.85. The third-order valence-corrected chi connectivity index (χ3v) is 5.14. The molecule has 2 aromatic carbocycles. The van der Waals surface area contributed by atoms with Gasteiger partial charge in [0.2, 0.25) is 5.91 Å². The molecule has 1 atom stereocenters. The number of benzene rings is 2. The van der Waals surface area contributed by atoms with Crippen LogP contribution in [0, 0.1) is 11.7 Å². The number of rotatable bonds is 7. The number of carbonyl (C=O) groups is 1. The third kappa shape index (κ3) is 5.37. The number of nitrogens with zero attached hydrogens (tertiary/aromatic N) is 2. The summed E-state index contributed by atoms with van der Waals surface area (Å²) in [5.74, 6) is 0.309. The van der Waals surface area contributed by atoms with Gasteiger partial charge in [-0.3, -0.25) is 9.69 Å². The van der Waals surface area contributed by atoms with E-state index in [0.717, 1.165) is 31.5 Å². The molecule has 3 rings (SSSR count). The third-order valence-electron chi connectivity index (χ3n) is 5.14. The zero-order chi connectivity index (χ0) is 19.2. The van der Waals surface area contributed by atoms with Crippen molar-refractivity contribution in [2.75, 3.05) is 26.7 Å². The quantitative estimate of drug-likeness (QED) is 0.815. The first-order valence-corrected chi connectivity index (χ1v) is 9.43. The first-order valence-electron chi connectivity index (χ1n) is 9.43. The predicted molar refractivity (Wildman–Crippen MR) is 103 cm³/mol. The average molecular weight is 370 g/mol. The van der Waals surface area contributed by atoms with Crippen LogP contribution >= 0.6 is 0 Å². The Balaban J connectivity index is 1.49. The van der Waals surface area contributed by atoms with Crippen LogP contribution in [0.4, 0.5) is 4.39 Å². The second-order valence-electron chi connectivity index (χ2n) is 7.44. The summed E-state index contributed by atoms with van der Waals surface area (Å²) in [6.07, 6.45) is 1.91. The SMILES string of the molecule is CN(CC(=O)N1CC[C@H](Cc2cccc(CO)c2)C1)Cc1ccccc1F. The van der Waals surface area contributed by atoms with Gasteiger partial charge in [-0.25, -0.2) is 4.39 Å². The second-order valence-corrected chi connectivity index (χ2v) is 7.44. The van der Waals surface area contributed by atoms with Gasteiger partial charge in [0.15, 0.2) is 0 Å². The van der Waals surface area contributed by atoms with Gasteiger partial charge in [-0.1, -0.05) is 42.5 Å². The van der Waals surface area contributed by atoms with Gasteiger partial charge in [-0.2, -0.15) is 0 Å². The molecule has 1 fully saturated rings. The largest absolute Gasteiger partial charge is 0.392 e. The lowest BCUT2D eigenvalue weighted by Gasteiger charge is -2.22. The van der Waals surface area contributed by atoms with Crippen molar-refractivity contribution in [2.24, 2.45) is 5.92 Å². The normalized spacial score (nSPS) is 16.9. The molecule has 5 heteroatoms. The second kappa shape index (κ2) is 9.11. The monoisotopic (exact) mass is 370 g/mol. The molecule has 144 valence electrons. The van der Waals surface area contributed by atoms with Crippen molar-refractivity contribution in [3.8, 4) is 0 Å². The van der Waals surface area contributed by atoms with Crippen molar-refractivity contribution in [3.63, 3.8) is 0 Å². The molecule has 0 aromatic heterocycles. The summed E-state index contributed by atoms with van der Waals surface area (Å²) in [6, 6.07) is 14.7. The number of hydrogen-bond donors (Lipinski definition) is 1. The number of hydrogen-bond acceptors (Lipinski definition) is 3. The smallest absolute Gasteiger partial charge is 0.236 e. The van der Waals surface area contributed by atoms with Gasteiger partial charge in [-0.15, -0.1) is 0 Å². The van der Waals surface area contributed by atoms with Gasteiger partial charge in [0.05, 0.1) is 13.2 Å². The van der Waals surface area contributed by atoms with E-state index >= 15 is 0 Å². The van der Waals surface area contributed by atoms with Gasteiger partial charge < -0.3 is 10.0 Å². The van der Waals surface area contributed by atoms with Crippen molar-refractivity contribution in [3.05, 3.63) is 71.0 Å². The van der Waals surface area contributed by atoms with Crippen LogP contribution in [-0.2, 0) is 24.4 Å². The van der Waals surface area contributed by atoms with Crippen LogP contribution in [0.25, 0.3) is 0 Å². The van der Waals surface area contributed by atoms with Crippen molar-refractivity contribution in [1.29, 1.82) is 0 Å². The minimum absolute atomic E-state index is 0.0530. The maximum absolute atomic E-state index is 13.8. The van der Waals surface area contributed by atoms with Crippen LogP contribution in [0.15, 0.2) is 48.5 Å². The molecule has 27 heavy (non-hydrogen) atoms. The van der Waals surface area contributed by atoms with E-state index in [-0.39, 0.29) is 18.3 Å². The minimum atomic E-state index is -0.233. The summed E-state index contributed by atoms with van der Waals surface area (Å²) < 4.78 is 13.8. The molecule has 1 heterocycles. The molecule has 4 nitrogen and oxygen atoms in total. The van der Waals surface area contributed by atoms with E-state index in [2.05, 4.69) is 6.07 Å². The van der Waals surface area contributed by atoms with Crippen LogP contribution in [0.2, 0.25) is 0 Å². The van der Waals surface area contributed by atoms with E-state index in [0.29, 0.717) is 24.6 Å². The standard InChI is InChI=1S/C22H27FN2O2/c1-24(14-20-7-2-3-8-21(20)23)15-22(27)25-10-9-18(13-25)11-17-5-4-6-19(12-17)16-26/h2-8,12,18,26H,9-11,13-16H2,1H3/t18-/m1/s1. The molecular formula is C22H27FN2O2. The number of amides is 1. The lowest BCUT2D eigenvalue weighted by molar-refractivity contribution is -0.131. The predicted octanol–water partition coefficient (Wildman–Crippen LogP) is 2.84.